The second-order valence-electron chi connectivity index (χ2n) is 5.77. The third kappa shape index (κ3) is 8.48. The van der Waals surface area contributed by atoms with Gasteiger partial charge in [-0.05, 0) is 43.8 Å². The van der Waals surface area contributed by atoms with Gasteiger partial charge in [0.2, 0.25) is 0 Å². The van der Waals surface area contributed by atoms with Gasteiger partial charge in [0, 0.05) is 31.4 Å². The summed E-state index contributed by atoms with van der Waals surface area (Å²) in [5.74, 6) is 2.02. The van der Waals surface area contributed by atoms with Gasteiger partial charge >= 0.3 is 0 Å². The second-order valence-corrected chi connectivity index (χ2v) is 6.72. The van der Waals surface area contributed by atoms with E-state index in [1.807, 2.05) is 49.6 Å². The zero-order valence-corrected chi connectivity index (χ0v) is 20.1. The molecule has 160 valence electrons. The van der Waals surface area contributed by atoms with Crippen LogP contribution in [0, 0.1) is 0 Å². The van der Waals surface area contributed by atoms with Crippen molar-refractivity contribution in [1.82, 2.24) is 10.6 Å². The molecule has 0 radical (unpaired) electrons. The summed E-state index contributed by atoms with van der Waals surface area (Å²) < 4.78 is 10.9. The van der Waals surface area contributed by atoms with Crippen molar-refractivity contribution in [3.05, 3.63) is 40.6 Å². The normalized spacial score (nSPS) is 10.7. The summed E-state index contributed by atoms with van der Waals surface area (Å²) in [7, 11) is 1.62. The number of ether oxygens (including phenoxy) is 2. The molecular weight excluding hydrogens is 503 g/mol. The van der Waals surface area contributed by atoms with Gasteiger partial charge in [-0.2, -0.15) is 0 Å². The molecule has 0 saturated heterocycles. The summed E-state index contributed by atoms with van der Waals surface area (Å²) in [6, 6.07) is 9.35. The topological polar surface area (TPSA) is 84.0 Å². The second kappa shape index (κ2) is 14.0. The first kappa shape index (κ1) is 25.0. The van der Waals surface area contributed by atoms with Crippen molar-refractivity contribution in [2.45, 2.75) is 20.3 Å². The van der Waals surface area contributed by atoms with Gasteiger partial charge < -0.3 is 25.4 Å². The summed E-state index contributed by atoms with van der Waals surface area (Å²) in [4.78, 5) is 17.2. The van der Waals surface area contributed by atoms with Gasteiger partial charge in [0.15, 0.2) is 17.5 Å². The number of carbonyl (C=O) groups excluding carboxylic acids is 1. The first-order chi connectivity index (χ1) is 13.7. The molecule has 1 aromatic carbocycles. The number of carbonyl (C=O) groups is 1. The van der Waals surface area contributed by atoms with Gasteiger partial charge in [-0.15, -0.1) is 35.3 Å². The highest BCUT2D eigenvalue weighted by atomic mass is 127. The smallest absolute Gasteiger partial charge is 0.261 e. The Labute approximate surface area is 193 Å². The molecule has 7 nitrogen and oxygen atoms in total. The predicted molar refractivity (Wildman–Crippen MR) is 130 cm³/mol. The highest BCUT2D eigenvalue weighted by Crippen LogP contribution is 2.30. The number of benzene rings is 1. The standard InChI is InChI=1S/C20H28N4O3S.HI/c1-4-21-20(23-12-7-11-22-19(25)18-8-6-13-28-18)24-15-9-10-16(27-5-2)17(14-15)26-3;/h6,8-10,13-14H,4-5,7,11-12H2,1-3H3,(H,22,25)(H2,21,23,24);1H. The summed E-state index contributed by atoms with van der Waals surface area (Å²) >= 11 is 1.44. The van der Waals surface area contributed by atoms with Crippen molar-refractivity contribution in [2.75, 3.05) is 38.7 Å². The lowest BCUT2D eigenvalue weighted by Crippen LogP contribution is -2.31. The number of amides is 1. The van der Waals surface area contributed by atoms with E-state index in [1.54, 1.807) is 7.11 Å². The van der Waals surface area contributed by atoms with E-state index in [9.17, 15) is 4.79 Å². The molecule has 29 heavy (non-hydrogen) atoms. The Morgan fingerprint density at radius 3 is 2.66 bits per heavy atom. The van der Waals surface area contributed by atoms with Crippen LogP contribution in [0.3, 0.4) is 0 Å². The zero-order chi connectivity index (χ0) is 20.2. The number of nitrogens with one attached hydrogen (secondary N) is 3. The number of nitrogens with zero attached hydrogens (tertiary/aromatic N) is 1. The number of anilines is 1. The number of hydrogen-bond acceptors (Lipinski definition) is 5. The van der Waals surface area contributed by atoms with E-state index in [0.29, 0.717) is 37.2 Å². The third-order valence-electron chi connectivity index (χ3n) is 3.71. The van der Waals surface area contributed by atoms with Crippen molar-refractivity contribution in [3.8, 4) is 11.5 Å². The number of guanidine groups is 1. The van der Waals surface area contributed by atoms with Crippen molar-refractivity contribution >= 4 is 52.9 Å². The van der Waals surface area contributed by atoms with E-state index in [1.165, 1.54) is 11.3 Å². The van der Waals surface area contributed by atoms with Crippen LogP contribution in [0.25, 0.3) is 0 Å². The summed E-state index contributed by atoms with van der Waals surface area (Å²) in [5.41, 5.74) is 0.853. The fourth-order valence-corrected chi connectivity index (χ4v) is 3.07. The number of methoxy groups -OCH3 is 1. The third-order valence-corrected chi connectivity index (χ3v) is 4.57. The fourth-order valence-electron chi connectivity index (χ4n) is 2.43. The van der Waals surface area contributed by atoms with Crippen molar-refractivity contribution < 1.29 is 14.3 Å². The predicted octanol–water partition coefficient (Wildman–Crippen LogP) is 3.97. The van der Waals surface area contributed by atoms with E-state index >= 15 is 0 Å². The Morgan fingerprint density at radius 1 is 1.17 bits per heavy atom. The Hall–Kier alpha value is -2.01. The molecule has 1 heterocycles. The SMILES string of the molecule is CCNC(=NCCCNC(=O)c1cccs1)Nc1ccc(OCC)c(OC)c1.I. The quantitative estimate of drug-likeness (QED) is 0.187. The highest BCUT2D eigenvalue weighted by Gasteiger charge is 2.07. The molecule has 0 spiro atoms. The van der Waals surface area contributed by atoms with Crippen molar-refractivity contribution in [2.24, 2.45) is 4.99 Å². The van der Waals surface area contributed by atoms with Gasteiger partial charge in [-0.25, -0.2) is 0 Å². The summed E-state index contributed by atoms with van der Waals surface area (Å²) in [5, 5.41) is 11.3. The van der Waals surface area contributed by atoms with Crippen LogP contribution in [0.4, 0.5) is 5.69 Å². The van der Waals surface area contributed by atoms with E-state index in [0.717, 1.165) is 23.5 Å². The Morgan fingerprint density at radius 2 is 2.00 bits per heavy atom. The maximum absolute atomic E-state index is 11.9. The van der Waals surface area contributed by atoms with Gasteiger partial charge in [0.05, 0.1) is 18.6 Å². The van der Waals surface area contributed by atoms with E-state index in [-0.39, 0.29) is 29.9 Å². The molecule has 0 fully saturated rings. The lowest BCUT2D eigenvalue weighted by atomic mass is 10.2. The van der Waals surface area contributed by atoms with Crippen LogP contribution in [0.2, 0.25) is 0 Å². The van der Waals surface area contributed by atoms with Gasteiger partial charge in [0.25, 0.3) is 5.91 Å². The lowest BCUT2D eigenvalue weighted by Gasteiger charge is -2.14. The maximum atomic E-state index is 11.9. The van der Waals surface area contributed by atoms with Crippen LogP contribution in [0.1, 0.15) is 29.9 Å². The van der Waals surface area contributed by atoms with Gasteiger partial charge in [-0.1, -0.05) is 6.07 Å². The van der Waals surface area contributed by atoms with Crippen LogP contribution >= 0.6 is 35.3 Å². The summed E-state index contributed by atoms with van der Waals surface area (Å²) in [6.45, 7) is 6.44. The molecular formula is C20H29IN4O3S. The number of halogens is 1. The molecule has 3 N–H and O–H groups in total. The molecule has 0 saturated carbocycles. The van der Waals surface area contributed by atoms with Crippen LogP contribution in [-0.4, -0.2) is 45.2 Å². The first-order valence-electron chi connectivity index (χ1n) is 9.35. The largest absolute Gasteiger partial charge is 0.493 e. The lowest BCUT2D eigenvalue weighted by molar-refractivity contribution is 0.0957. The minimum absolute atomic E-state index is 0. The molecule has 0 unspecified atom stereocenters. The van der Waals surface area contributed by atoms with Crippen LogP contribution in [0.5, 0.6) is 11.5 Å². The minimum Gasteiger partial charge on any atom is -0.493 e. The molecule has 9 heteroatoms. The van der Waals surface area contributed by atoms with E-state index in [2.05, 4.69) is 20.9 Å². The van der Waals surface area contributed by atoms with Gasteiger partial charge in [0.1, 0.15) is 0 Å². The fraction of sp³-hybridized carbons (Fsp3) is 0.400. The van der Waals surface area contributed by atoms with Crippen LogP contribution in [-0.2, 0) is 0 Å². The molecule has 1 amide bonds. The average molecular weight is 532 g/mol. The first-order valence-corrected chi connectivity index (χ1v) is 10.2. The molecule has 2 aromatic rings. The number of rotatable bonds is 10. The number of hydrogen-bond donors (Lipinski definition) is 3. The Balaban J connectivity index is 0.00000420. The average Bonchev–Trinajstić information content (AvgIpc) is 3.24. The molecule has 0 aliphatic carbocycles. The van der Waals surface area contributed by atoms with Gasteiger partial charge in [-0.3, -0.25) is 9.79 Å². The van der Waals surface area contributed by atoms with Crippen molar-refractivity contribution in [3.63, 3.8) is 0 Å². The molecule has 1 aromatic heterocycles. The molecule has 0 atom stereocenters. The number of aliphatic imine (C=N–C) groups is 1. The highest BCUT2D eigenvalue weighted by molar-refractivity contribution is 14.0. The molecule has 2 rings (SSSR count). The maximum Gasteiger partial charge on any atom is 0.261 e. The van der Waals surface area contributed by atoms with E-state index in [4.69, 9.17) is 9.47 Å². The minimum atomic E-state index is -0.0366. The summed E-state index contributed by atoms with van der Waals surface area (Å²) in [6.07, 6.45) is 0.750. The molecule has 0 bridgehead atoms. The number of thiophene rings is 1. The van der Waals surface area contributed by atoms with E-state index < -0.39 is 0 Å². The Bertz CT molecular complexity index is 769. The molecule has 0 aliphatic rings. The van der Waals surface area contributed by atoms with Crippen LogP contribution in [0.15, 0.2) is 40.7 Å². The molecule has 0 aliphatic heterocycles. The Kier molecular flexibility index (Phi) is 12.1. The monoisotopic (exact) mass is 532 g/mol. The van der Waals surface area contributed by atoms with Crippen molar-refractivity contribution in [1.29, 1.82) is 0 Å². The van der Waals surface area contributed by atoms with Crippen LogP contribution < -0.4 is 25.4 Å². The zero-order valence-electron chi connectivity index (χ0n) is 17.0.